The summed E-state index contributed by atoms with van der Waals surface area (Å²) in [4.78, 5) is 29.4. The van der Waals surface area contributed by atoms with E-state index in [0.717, 1.165) is 28.0 Å². The van der Waals surface area contributed by atoms with Gasteiger partial charge >= 0.3 is 0 Å². The molecule has 2 amide bonds. The molecule has 2 aromatic carbocycles. The maximum Gasteiger partial charge on any atom is 0.288 e. The van der Waals surface area contributed by atoms with Gasteiger partial charge in [-0.2, -0.15) is 0 Å². The van der Waals surface area contributed by atoms with Crippen LogP contribution in [0.4, 0.5) is 0 Å². The van der Waals surface area contributed by atoms with Crippen LogP contribution in [-0.2, 0) is 0 Å². The third-order valence-electron chi connectivity index (χ3n) is 4.81. The maximum absolute atomic E-state index is 12.7. The highest BCUT2D eigenvalue weighted by Crippen LogP contribution is 2.20. The Hall–Kier alpha value is -3.93. The zero-order chi connectivity index (χ0) is 20.4. The van der Waals surface area contributed by atoms with Crippen LogP contribution >= 0.6 is 0 Å². The van der Waals surface area contributed by atoms with Crippen LogP contribution in [-0.4, -0.2) is 21.4 Å². The Morgan fingerprint density at radius 1 is 0.828 bits per heavy atom. The van der Waals surface area contributed by atoms with Crippen molar-refractivity contribution in [3.8, 4) is 5.69 Å². The number of carbonyl (C=O) groups excluding carboxylic acids is 2. The molecule has 6 nitrogen and oxygen atoms in total. The first-order valence-electron chi connectivity index (χ1n) is 9.25. The molecular formula is C23H20N4O2. The summed E-state index contributed by atoms with van der Waals surface area (Å²) in [6.45, 7) is 3.82. The van der Waals surface area contributed by atoms with Crippen LogP contribution in [0, 0.1) is 13.8 Å². The predicted molar refractivity (Wildman–Crippen MR) is 112 cm³/mol. The molecule has 2 N–H and O–H groups in total. The molecule has 4 aromatic rings. The Morgan fingerprint density at radius 3 is 2.31 bits per heavy atom. The van der Waals surface area contributed by atoms with Crippen molar-refractivity contribution in [1.29, 1.82) is 0 Å². The monoisotopic (exact) mass is 384 g/mol. The van der Waals surface area contributed by atoms with E-state index < -0.39 is 5.91 Å². The van der Waals surface area contributed by atoms with E-state index >= 15 is 0 Å². The van der Waals surface area contributed by atoms with E-state index in [9.17, 15) is 9.59 Å². The highest BCUT2D eigenvalue weighted by molar-refractivity contribution is 6.00. The highest BCUT2D eigenvalue weighted by atomic mass is 16.2. The minimum Gasteiger partial charge on any atom is -0.318 e. The SMILES string of the molecule is Cc1cc(C(=O)NNC(=O)c2ccc3ccccc3n2)c(C)n1-c1ccccc1. The van der Waals surface area contributed by atoms with Crippen LogP contribution in [0.25, 0.3) is 16.6 Å². The lowest BCUT2D eigenvalue weighted by atomic mass is 10.2. The minimum absolute atomic E-state index is 0.235. The second-order valence-electron chi connectivity index (χ2n) is 6.75. The van der Waals surface area contributed by atoms with Gasteiger partial charge in [-0.05, 0) is 44.2 Å². The smallest absolute Gasteiger partial charge is 0.288 e. The second kappa shape index (κ2) is 7.59. The van der Waals surface area contributed by atoms with Gasteiger partial charge in [0.15, 0.2) is 0 Å². The van der Waals surface area contributed by atoms with Crippen molar-refractivity contribution in [3.05, 3.63) is 95.4 Å². The number of rotatable bonds is 3. The lowest BCUT2D eigenvalue weighted by Gasteiger charge is -2.10. The molecule has 2 heterocycles. The molecule has 6 heteroatoms. The third kappa shape index (κ3) is 3.60. The molecule has 0 atom stereocenters. The van der Waals surface area contributed by atoms with Gasteiger partial charge < -0.3 is 4.57 Å². The molecule has 144 valence electrons. The number of amides is 2. The van der Waals surface area contributed by atoms with Crippen LogP contribution in [0.1, 0.15) is 32.2 Å². The van der Waals surface area contributed by atoms with Crippen molar-refractivity contribution in [3.63, 3.8) is 0 Å². The quantitative estimate of drug-likeness (QED) is 0.529. The van der Waals surface area contributed by atoms with Crippen LogP contribution < -0.4 is 10.9 Å². The number of aromatic nitrogens is 2. The number of hydrogen-bond donors (Lipinski definition) is 2. The van der Waals surface area contributed by atoms with Gasteiger partial charge in [0, 0.05) is 22.5 Å². The molecule has 4 rings (SSSR count). The molecule has 0 unspecified atom stereocenters. The summed E-state index contributed by atoms with van der Waals surface area (Å²) < 4.78 is 2.00. The Labute approximate surface area is 168 Å². The van der Waals surface area contributed by atoms with Gasteiger partial charge in [0.2, 0.25) is 0 Å². The fourth-order valence-corrected chi connectivity index (χ4v) is 3.40. The van der Waals surface area contributed by atoms with E-state index in [1.54, 1.807) is 12.1 Å². The van der Waals surface area contributed by atoms with Crippen LogP contribution in [0.15, 0.2) is 72.8 Å². The van der Waals surface area contributed by atoms with E-state index in [1.165, 1.54) is 0 Å². The lowest BCUT2D eigenvalue weighted by molar-refractivity contribution is 0.0844. The molecule has 0 fully saturated rings. The van der Waals surface area contributed by atoms with Crippen molar-refractivity contribution < 1.29 is 9.59 Å². The van der Waals surface area contributed by atoms with Crippen molar-refractivity contribution in [2.75, 3.05) is 0 Å². The molecule has 0 aliphatic carbocycles. The minimum atomic E-state index is -0.471. The second-order valence-corrected chi connectivity index (χ2v) is 6.75. The standard InChI is InChI=1S/C23H20N4O2/c1-15-14-19(16(2)27(15)18-9-4-3-5-10-18)22(28)25-26-23(29)21-13-12-17-8-6-7-11-20(17)24-21/h3-14H,1-2H3,(H,25,28)(H,26,29). The molecule has 0 radical (unpaired) electrons. The molecular weight excluding hydrogens is 364 g/mol. The molecule has 29 heavy (non-hydrogen) atoms. The number of pyridine rings is 1. The normalized spacial score (nSPS) is 10.7. The van der Waals surface area contributed by atoms with Crippen molar-refractivity contribution >= 4 is 22.7 Å². The molecule has 0 aliphatic rings. The van der Waals surface area contributed by atoms with Crippen molar-refractivity contribution in [2.45, 2.75) is 13.8 Å². The number of hydrazine groups is 1. The van der Waals surface area contributed by atoms with Gasteiger partial charge in [-0.15, -0.1) is 0 Å². The van der Waals surface area contributed by atoms with Crippen LogP contribution in [0.2, 0.25) is 0 Å². The van der Waals surface area contributed by atoms with Crippen LogP contribution in [0.5, 0.6) is 0 Å². The number of hydrogen-bond acceptors (Lipinski definition) is 3. The van der Waals surface area contributed by atoms with E-state index in [2.05, 4.69) is 15.8 Å². The van der Waals surface area contributed by atoms with Gasteiger partial charge in [0.1, 0.15) is 5.69 Å². The van der Waals surface area contributed by atoms with E-state index in [-0.39, 0.29) is 11.6 Å². The first-order chi connectivity index (χ1) is 14.0. The van der Waals surface area contributed by atoms with Gasteiger partial charge in [-0.1, -0.05) is 42.5 Å². The van der Waals surface area contributed by atoms with Crippen molar-refractivity contribution in [1.82, 2.24) is 20.4 Å². The summed E-state index contributed by atoms with van der Waals surface area (Å²) in [6.07, 6.45) is 0. The van der Waals surface area contributed by atoms with Gasteiger partial charge in [0.25, 0.3) is 11.8 Å². The number of benzene rings is 2. The Morgan fingerprint density at radius 2 is 1.52 bits per heavy atom. The lowest BCUT2D eigenvalue weighted by Crippen LogP contribution is -2.42. The number of para-hydroxylation sites is 2. The molecule has 2 aromatic heterocycles. The van der Waals surface area contributed by atoms with Crippen LogP contribution in [0.3, 0.4) is 0 Å². The molecule has 0 saturated heterocycles. The summed E-state index contributed by atoms with van der Waals surface area (Å²) in [5.74, 6) is -0.851. The first kappa shape index (κ1) is 18.4. The summed E-state index contributed by atoms with van der Waals surface area (Å²) >= 11 is 0. The molecule has 0 aliphatic heterocycles. The Balaban J connectivity index is 1.50. The summed E-state index contributed by atoms with van der Waals surface area (Å²) in [6, 6.07) is 22.6. The molecule has 0 spiro atoms. The number of aryl methyl sites for hydroxylation is 1. The topological polar surface area (TPSA) is 76.0 Å². The van der Waals surface area contributed by atoms with E-state index in [4.69, 9.17) is 0 Å². The number of fused-ring (bicyclic) bond motifs is 1. The Kier molecular flexibility index (Phi) is 4.83. The van der Waals surface area contributed by atoms with Gasteiger partial charge in [-0.25, -0.2) is 4.98 Å². The number of nitrogens with one attached hydrogen (secondary N) is 2. The number of nitrogens with zero attached hydrogens (tertiary/aromatic N) is 2. The zero-order valence-corrected chi connectivity index (χ0v) is 16.1. The van der Waals surface area contributed by atoms with Gasteiger partial charge in [0.05, 0.1) is 11.1 Å². The largest absolute Gasteiger partial charge is 0.318 e. The summed E-state index contributed by atoms with van der Waals surface area (Å²) in [7, 11) is 0. The molecule has 0 saturated carbocycles. The third-order valence-corrected chi connectivity index (χ3v) is 4.81. The highest BCUT2D eigenvalue weighted by Gasteiger charge is 2.17. The summed E-state index contributed by atoms with van der Waals surface area (Å²) in [5, 5.41) is 0.946. The fraction of sp³-hybridized carbons (Fsp3) is 0.0870. The van der Waals surface area contributed by atoms with Gasteiger partial charge in [-0.3, -0.25) is 20.4 Å². The summed E-state index contributed by atoms with van der Waals surface area (Å²) in [5.41, 5.74) is 9.09. The number of carbonyl (C=O) groups is 2. The fourth-order valence-electron chi connectivity index (χ4n) is 3.40. The first-order valence-corrected chi connectivity index (χ1v) is 9.25. The Bertz CT molecular complexity index is 1210. The zero-order valence-electron chi connectivity index (χ0n) is 16.1. The molecule has 0 bridgehead atoms. The van der Waals surface area contributed by atoms with E-state index in [0.29, 0.717) is 5.56 Å². The maximum atomic E-state index is 12.7. The van der Waals surface area contributed by atoms with E-state index in [1.807, 2.05) is 79.1 Å². The van der Waals surface area contributed by atoms with Crippen molar-refractivity contribution in [2.24, 2.45) is 0 Å². The average Bonchev–Trinajstić information content (AvgIpc) is 3.06. The predicted octanol–water partition coefficient (Wildman–Crippen LogP) is 3.72. The average molecular weight is 384 g/mol.